The molecule has 108 valence electrons. The van der Waals surface area contributed by atoms with E-state index in [1.54, 1.807) is 0 Å². The molecule has 0 aliphatic carbocycles. The molecule has 18 heavy (non-hydrogen) atoms. The summed E-state index contributed by atoms with van der Waals surface area (Å²) < 4.78 is 48.9. The summed E-state index contributed by atoms with van der Waals surface area (Å²) in [6.45, 7) is 0.443. The zero-order chi connectivity index (χ0) is 13.6. The van der Waals surface area contributed by atoms with E-state index < -0.39 is 25.1 Å². The molecule has 1 aliphatic heterocycles. The van der Waals surface area contributed by atoms with Gasteiger partial charge in [0.05, 0.1) is 16.8 Å². The molecule has 0 atom stereocenters. The predicted molar refractivity (Wildman–Crippen MR) is 76.2 cm³/mol. The number of sulfone groups is 1. The van der Waals surface area contributed by atoms with Crippen molar-refractivity contribution >= 4 is 35.8 Å². The summed E-state index contributed by atoms with van der Waals surface area (Å²) in [5.74, 6) is -0.0235. The summed E-state index contributed by atoms with van der Waals surface area (Å²) in [5.41, 5.74) is 0. The molecule has 0 unspecified atom stereocenters. The quantitative estimate of drug-likeness (QED) is 0.542. The number of rotatable bonds is 7. The van der Waals surface area contributed by atoms with Crippen LogP contribution in [-0.4, -0.2) is 45.5 Å². The van der Waals surface area contributed by atoms with Crippen LogP contribution in [0.3, 0.4) is 0 Å². The second-order valence-electron chi connectivity index (χ2n) is 4.54. The van der Waals surface area contributed by atoms with Crippen molar-refractivity contribution in [2.45, 2.75) is 37.4 Å². The van der Waals surface area contributed by atoms with Gasteiger partial charge in [0.25, 0.3) is 0 Å². The third-order valence-corrected chi connectivity index (χ3v) is 7.29. The number of hydrogen-bond donors (Lipinski definition) is 1. The molecular formula is C10H20BrNO4S2. The van der Waals surface area contributed by atoms with Gasteiger partial charge in [0.1, 0.15) is 9.84 Å². The Labute approximate surface area is 118 Å². The second kappa shape index (κ2) is 7.21. The van der Waals surface area contributed by atoms with Crippen LogP contribution < -0.4 is 4.72 Å². The van der Waals surface area contributed by atoms with Crippen LogP contribution in [0.4, 0.5) is 0 Å². The lowest BCUT2D eigenvalue weighted by Crippen LogP contribution is -2.40. The van der Waals surface area contributed by atoms with Gasteiger partial charge in [-0.1, -0.05) is 22.4 Å². The Balaban J connectivity index is 2.36. The van der Waals surface area contributed by atoms with E-state index in [4.69, 9.17) is 0 Å². The smallest absolute Gasteiger partial charge is 0.214 e. The van der Waals surface area contributed by atoms with Crippen molar-refractivity contribution in [2.24, 2.45) is 0 Å². The minimum absolute atomic E-state index is 0.0117. The van der Waals surface area contributed by atoms with Crippen LogP contribution in [0.15, 0.2) is 0 Å². The molecule has 8 heteroatoms. The number of hydrogen-bond acceptors (Lipinski definition) is 4. The zero-order valence-corrected chi connectivity index (χ0v) is 13.5. The van der Waals surface area contributed by atoms with E-state index in [2.05, 4.69) is 20.7 Å². The summed E-state index contributed by atoms with van der Waals surface area (Å²) in [7, 11) is -6.35. The number of sulfonamides is 1. The van der Waals surface area contributed by atoms with E-state index in [0.29, 0.717) is 6.54 Å². The maximum Gasteiger partial charge on any atom is 0.214 e. The SMILES string of the molecule is O=S1(=O)CCC(S(=O)(=O)NCCCCCBr)CC1. The topological polar surface area (TPSA) is 80.3 Å². The van der Waals surface area contributed by atoms with Gasteiger partial charge in [-0.05, 0) is 25.7 Å². The van der Waals surface area contributed by atoms with Crippen molar-refractivity contribution < 1.29 is 16.8 Å². The molecular weight excluding hydrogens is 342 g/mol. The van der Waals surface area contributed by atoms with Crippen LogP contribution in [-0.2, 0) is 19.9 Å². The van der Waals surface area contributed by atoms with E-state index in [9.17, 15) is 16.8 Å². The first-order chi connectivity index (χ1) is 8.37. The highest BCUT2D eigenvalue weighted by molar-refractivity contribution is 9.09. The first-order valence-electron chi connectivity index (χ1n) is 6.12. The van der Waals surface area contributed by atoms with Gasteiger partial charge in [-0.15, -0.1) is 0 Å². The standard InChI is InChI=1S/C10H20BrNO4S2/c11-6-2-1-3-7-12-18(15,16)10-4-8-17(13,14)9-5-10/h10,12H,1-9H2. The normalized spacial score (nSPS) is 20.9. The molecule has 0 spiro atoms. The van der Waals surface area contributed by atoms with Gasteiger partial charge in [0.2, 0.25) is 10.0 Å². The fraction of sp³-hybridized carbons (Fsp3) is 1.00. The Morgan fingerprint density at radius 2 is 1.72 bits per heavy atom. The van der Waals surface area contributed by atoms with Gasteiger partial charge in [0.15, 0.2) is 0 Å². The Morgan fingerprint density at radius 3 is 2.28 bits per heavy atom. The lowest BCUT2D eigenvalue weighted by atomic mass is 10.2. The van der Waals surface area contributed by atoms with E-state index >= 15 is 0 Å². The summed E-state index contributed by atoms with van der Waals surface area (Å²) in [6, 6.07) is 0. The first-order valence-corrected chi connectivity index (χ1v) is 10.6. The second-order valence-corrected chi connectivity index (χ2v) is 9.68. The molecule has 0 amide bonds. The molecule has 5 nitrogen and oxygen atoms in total. The Bertz CT molecular complexity index is 432. The fourth-order valence-electron chi connectivity index (χ4n) is 1.91. The van der Waals surface area contributed by atoms with Crippen LogP contribution in [0.2, 0.25) is 0 Å². The number of unbranched alkanes of at least 4 members (excludes halogenated alkanes) is 2. The molecule has 1 N–H and O–H groups in total. The Kier molecular flexibility index (Phi) is 6.57. The van der Waals surface area contributed by atoms with Crippen molar-refractivity contribution in [1.82, 2.24) is 4.72 Å². The molecule has 0 aromatic heterocycles. The highest BCUT2D eigenvalue weighted by Crippen LogP contribution is 2.18. The van der Waals surface area contributed by atoms with Gasteiger partial charge in [0, 0.05) is 11.9 Å². The lowest BCUT2D eigenvalue weighted by molar-refractivity contribution is 0.540. The van der Waals surface area contributed by atoms with Crippen LogP contribution in [0, 0.1) is 0 Å². The molecule has 0 bridgehead atoms. The molecule has 1 saturated heterocycles. The fourth-order valence-corrected chi connectivity index (χ4v) is 5.61. The zero-order valence-electron chi connectivity index (χ0n) is 10.3. The lowest BCUT2D eigenvalue weighted by Gasteiger charge is -2.22. The first kappa shape index (κ1) is 16.4. The molecule has 1 heterocycles. The van der Waals surface area contributed by atoms with Gasteiger partial charge in [-0.3, -0.25) is 0 Å². The van der Waals surface area contributed by atoms with Gasteiger partial charge in [-0.25, -0.2) is 21.6 Å². The predicted octanol–water partition coefficient (Wildman–Crippen LogP) is 1.05. The summed E-state index contributed by atoms with van der Waals surface area (Å²) >= 11 is 3.32. The summed E-state index contributed by atoms with van der Waals surface area (Å²) in [5, 5.41) is 0.387. The van der Waals surface area contributed by atoms with E-state index in [0.717, 1.165) is 24.6 Å². The average molecular weight is 362 g/mol. The highest BCUT2D eigenvalue weighted by atomic mass is 79.9. The van der Waals surface area contributed by atoms with Crippen molar-refractivity contribution in [3.05, 3.63) is 0 Å². The summed E-state index contributed by atoms with van der Waals surface area (Å²) in [4.78, 5) is 0. The minimum atomic E-state index is -3.35. The molecule has 0 aromatic carbocycles. The summed E-state index contributed by atoms with van der Waals surface area (Å²) in [6.07, 6.45) is 3.27. The number of halogens is 1. The molecule has 1 rings (SSSR count). The maximum absolute atomic E-state index is 11.9. The van der Waals surface area contributed by atoms with Crippen LogP contribution in [0.5, 0.6) is 0 Å². The third-order valence-electron chi connectivity index (χ3n) is 3.05. The Morgan fingerprint density at radius 1 is 1.11 bits per heavy atom. The molecule has 0 aromatic rings. The van der Waals surface area contributed by atoms with E-state index in [-0.39, 0.29) is 24.3 Å². The third kappa shape index (κ3) is 5.54. The average Bonchev–Trinajstić information content (AvgIpc) is 2.28. The monoisotopic (exact) mass is 361 g/mol. The Hall–Kier alpha value is 0.340. The van der Waals surface area contributed by atoms with Crippen LogP contribution >= 0.6 is 15.9 Å². The molecule has 1 aliphatic rings. The van der Waals surface area contributed by atoms with E-state index in [1.165, 1.54) is 0 Å². The van der Waals surface area contributed by atoms with Gasteiger partial charge in [-0.2, -0.15) is 0 Å². The molecule has 1 fully saturated rings. The van der Waals surface area contributed by atoms with Crippen molar-refractivity contribution in [2.75, 3.05) is 23.4 Å². The van der Waals surface area contributed by atoms with Crippen LogP contribution in [0.25, 0.3) is 0 Å². The van der Waals surface area contributed by atoms with Gasteiger partial charge >= 0.3 is 0 Å². The molecule has 0 saturated carbocycles. The molecule has 0 radical (unpaired) electrons. The van der Waals surface area contributed by atoms with E-state index in [1.807, 2.05) is 0 Å². The van der Waals surface area contributed by atoms with Crippen molar-refractivity contribution in [1.29, 1.82) is 0 Å². The van der Waals surface area contributed by atoms with Crippen LogP contribution in [0.1, 0.15) is 32.1 Å². The number of alkyl halides is 1. The number of nitrogens with one attached hydrogen (secondary N) is 1. The van der Waals surface area contributed by atoms with Crippen molar-refractivity contribution in [3.63, 3.8) is 0 Å². The van der Waals surface area contributed by atoms with Gasteiger partial charge < -0.3 is 0 Å². The van der Waals surface area contributed by atoms with Crippen molar-refractivity contribution in [3.8, 4) is 0 Å². The maximum atomic E-state index is 11.9. The highest BCUT2D eigenvalue weighted by Gasteiger charge is 2.32. The largest absolute Gasteiger partial charge is 0.229 e. The minimum Gasteiger partial charge on any atom is -0.229 e.